The van der Waals surface area contributed by atoms with Gasteiger partial charge < -0.3 is 4.57 Å². The summed E-state index contributed by atoms with van der Waals surface area (Å²) in [5.41, 5.74) is 8.48. The van der Waals surface area contributed by atoms with Crippen molar-refractivity contribution in [2.24, 2.45) is 0 Å². The lowest BCUT2D eigenvalue weighted by atomic mass is 10.0. The van der Waals surface area contributed by atoms with Crippen LogP contribution in [0.5, 0.6) is 0 Å². The molecular formula is C26H27N3. The van der Waals surface area contributed by atoms with E-state index in [1.807, 2.05) is 18.5 Å². The highest BCUT2D eigenvalue weighted by atomic mass is 15.1. The SMILES string of the molecule is Cc1ccc2c(c1)c1c(n2CCc2ccccc2)CCN(Cc2cccnc2)C1. The van der Waals surface area contributed by atoms with E-state index in [0.717, 1.165) is 39.0 Å². The van der Waals surface area contributed by atoms with E-state index >= 15 is 0 Å². The third-order valence-corrected chi connectivity index (χ3v) is 6.08. The maximum absolute atomic E-state index is 4.28. The zero-order valence-corrected chi connectivity index (χ0v) is 17.0. The lowest BCUT2D eigenvalue weighted by Crippen LogP contribution is -2.30. The highest BCUT2D eigenvalue weighted by molar-refractivity contribution is 5.86. The van der Waals surface area contributed by atoms with Gasteiger partial charge in [0.25, 0.3) is 0 Å². The lowest BCUT2D eigenvalue weighted by molar-refractivity contribution is 0.243. The Kier molecular flexibility index (Phi) is 4.91. The summed E-state index contributed by atoms with van der Waals surface area (Å²) in [7, 11) is 0. The van der Waals surface area contributed by atoms with Gasteiger partial charge in [-0.25, -0.2) is 0 Å². The van der Waals surface area contributed by atoms with Crippen molar-refractivity contribution in [3.63, 3.8) is 0 Å². The van der Waals surface area contributed by atoms with Crippen molar-refractivity contribution in [2.45, 2.75) is 39.4 Å². The molecule has 3 heterocycles. The molecule has 4 aromatic rings. The first-order chi connectivity index (χ1) is 14.3. The van der Waals surface area contributed by atoms with Crippen LogP contribution in [0.2, 0.25) is 0 Å². The minimum absolute atomic E-state index is 0.968. The van der Waals surface area contributed by atoms with E-state index in [-0.39, 0.29) is 0 Å². The Morgan fingerprint density at radius 1 is 0.966 bits per heavy atom. The molecule has 1 aliphatic heterocycles. The molecule has 2 aromatic heterocycles. The van der Waals surface area contributed by atoms with Crippen molar-refractivity contribution >= 4 is 10.9 Å². The van der Waals surface area contributed by atoms with Crippen molar-refractivity contribution < 1.29 is 0 Å². The van der Waals surface area contributed by atoms with Crippen LogP contribution < -0.4 is 0 Å². The molecule has 2 aromatic carbocycles. The summed E-state index contributed by atoms with van der Waals surface area (Å²) in [6.07, 6.45) is 6.02. The van der Waals surface area contributed by atoms with Crippen LogP contribution >= 0.6 is 0 Å². The van der Waals surface area contributed by atoms with Crippen LogP contribution in [0.1, 0.15) is 27.9 Å². The molecule has 29 heavy (non-hydrogen) atoms. The van der Waals surface area contributed by atoms with Crippen LogP contribution in [0.25, 0.3) is 10.9 Å². The van der Waals surface area contributed by atoms with E-state index in [1.54, 1.807) is 0 Å². The number of hydrogen-bond acceptors (Lipinski definition) is 2. The Bertz CT molecular complexity index is 1110. The van der Waals surface area contributed by atoms with Crippen molar-refractivity contribution in [2.75, 3.05) is 6.54 Å². The maximum Gasteiger partial charge on any atom is 0.0486 e. The smallest absolute Gasteiger partial charge is 0.0486 e. The van der Waals surface area contributed by atoms with Crippen molar-refractivity contribution in [3.8, 4) is 0 Å². The van der Waals surface area contributed by atoms with Gasteiger partial charge in [-0.15, -0.1) is 0 Å². The molecule has 1 aliphatic rings. The first-order valence-corrected chi connectivity index (χ1v) is 10.5. The normalized spacial score (nSPS) is 14.2. The maximum atomic E-state index is 4.28. The first-order valence-electron chi connectivity index (χ1n) is 10.5. The third kappa shape index (κ3) is 3.70. The standard InChI is InChI=1S/C26H27N3/c1-20-9-10-25-23(16-20)24-19-28(18-22-8-5-13-27-17-22)14-12-26(24)29(25)15-11-21-6-3-2-4-7-21/h2-10,13,16-17H,11-12,14-15,18-19H2,1H3. The van der Waals surface area contributed by atoms with Gasteiger partial charge in [-0.1, -0.05) is 48.0 Å². The second-order valence-corrected chi connectivity index (χ2v) is 8.16. The van der Waals surface area contributed by atoms with Crippen molar-refractivity contribution in [1.29, 1.82) is 0 Å². The molecule has 0 bridgehead atoms. The number of benzene rings is 2. The molecule has 0 fully saturated rings. The Morgan fingerprint density at radius 3 is 2.66 bits per heavy atom. The van der Waals surface area contributed by atoms with E-state index in [4.69, 9.17) is 0 Å². The number of aromatic nitrogens is 2. The van der Waals surface area contributed by atoms with E-state index in [2.05, 4.69) is 76.0 Å². The molecular weight excluding hydrogens is 354 g/mol. The summed E-state index contributed by atoms with van der Waals surface area (Å²) in [5.74, 6) is 0. The summed E-state index contributed by atoms with van der Waals surface area (Å²) in [6, 6.07) is 22.0. The van der Waals surface area contributed by atoms with E-state index in [0.29, 0.717) is 0 Å². The second kappa shape index (κ2) is 7.84. The van der Waals surface area contributed by atoms with Crippen LogP contribution in [0.3, 0.4) is 0 Å². The molecule has 3 heteroatoms. The Labute approximate surface area is 172 Å². The van der Waals surface area contributed by atoms with Crippen LogP contribution in [0.4, 0.5) is 0 Å². The number of hydrogen-bond donors (Lipinski definition) is 0. The predicted molar refractivity (Wildman–Crippen MR) is 119 cm³/mol. The molecule has 0 radical (unpaired) electrons. The van der Waals surface area contributed by atoms with Gasteiger partial charge in [0.15, 0.2) is 0 Å². The van der Waals surface area contributed by atoms with Gasteiger partial charge in [0.1, 0.15) is 0 Å². The number of nitrogens with zero attached hydrogens (tertiary/aromatic N) is 3. The van der Waals surface area contributed by atoms with Gasteiger partial charge in [-0.05, 0) is 48.2 Å². The minimum Gasteiger partial charge on any atom is -0.344 e. The van der Waals surface area contributed by atoms with E-state index < -0.39 is 0 Å². The number of aryl methyl sites for hydroxylation is 3. The largest absolute Gasteiger partial charge is 0.344 e. The molecule has 5 rings (SSSR count). The van der Waals surface area contributed by atoms with Gasteiger partial charge in [-0.3, -0.25) is 9.88 Å². The fourth-order valence-electron chi connectivity index (χ4n) is 4.65. The highest BCUT2D eigenvalue weighted by Gasteiger charge is 2.24. The molecule has 0 amide bonds. The molecule has 0 saturated heterocycles. The molecule has 146 valence electrons. The number of pyridine rings is 1. The molecule has 0 N–H and O–H groups in total. The number of rotatable bonds is 5. The molecule has 0 saturated carbocycles. The molecule has 0 unspecified atom stereocenters. The Hall–Kier alpha value is -2.91. The summed E-state index contributed by atoms with van der Waals surface area (Å²) in [5, 5.41) is 1.43. The van der Waals surface area contributed by atoms with E-state index in [1.165, 1.54) is 38.9 Å². The molecule has 3 nitrogen and oxygen atoms in total. The Morgan fingerprint density at radius 2 is 1.83 bits per heavy atom. The summed E-state index contributed by atoms with van der Waals surface area (Å²) in [6.45, 7) is 6.33. The van der Waals surface area contributed by atoms with Crippen molar-refractivity contribution in [1.82, 2.24) is 14.5 Å². The van der Waals surface area contributed by atoms with Gasteiger partial charge in [0.2, 0.25) is 0 Å². The predicted octanol–water partition coefficient (Wildman–Crippen LogP) is 5.15. The number of fused-ring (bicyclic) bond motifs is 3. The van der Waals surface area contributed by atoms with Crippen LogP contribution in [-0.4, -0.2) is 21.0 Å². The quantitative estimate of drug-likeness (QED) is 0.477. The summed E-state index contributed by atoms with van der Waals surface area (Å²) < 4.78 is 2.58. The van der Waals surface area contributed by atoms with Gasteiger partial charge in [-0.2, -0.15) is 0 Å². The van der Waals surface area contributed by atoms with Gasteiger partial charge in [0.05, 0.1) is 0 Å². The molecule has 0 atom stereocenters. The first kappa shape index (κ1) is 18.1. The average molecular weight is 382 g/mol. The zero-order chi connectivity index (χ0) is 19.6. The fourth-order valence-corrected chi connectivity index (χ4v) is 4.65. The molecule has 0 aliphatic carbocycles. The van der Waals surface area contributed by atoms with Crippen LogP contribution in [-0.2, 0) is 32.5 Å². The summed E-state index contributed by atoms with van der Waals surface area (Å²) >= 11 is 0. The zero-order valence-electron chi connectivity index (χ0n) is 17.0. The van der Waals surface area contributed by atoms with Crippen LogP contribution in [0.15, 0.2) is 73.1 Å². The summed E-state index contributed by atoms with van der Waals surface area (Å²) in [4.78, 5) is 6.84. The van der Waals surface area contributed by atoms with Gasteiger partial charge >= 0.3 is 0 Å². The lowest BCUT2D eigenvalue weighted by Gasteiger charge is -2.28. The van der Waals surface area contributed by atoms with Gasteiger partial charge in [0, 0.05) is 61.6 Å². The highest BCUT2D eigenvalue weighted by Crippen LogP contribution is 2.32. The Balaban J connectivity index is 1.47. The topological polar surface area (TPSA) is 21.1 Å². The minimum atomic E-state index is 0.968. The average Bonchev–Trinajstić information content (AvgIpc) is 3.06. The fraction of sp³-hybridized carbons (Fsp3) is 0.269. The monoisotopic (exact) mass is 381 g/mol. The van der Waals surface area contributed by atoms with Crippen molar-refractivity contribution in [3.05, 3.63) is 101 Å². The van der Waals surface area contributed by atoms with E-state index in [9.17, 15) is 0 Å². The van der Waals surface area contributed by atoms with Crippen LogP contribution in [0, 0.1) is 6.92 Å². The second-order valence-electron chi connectivity index (χ2n) is 8.16. The third-order valence-electron chi connectivity index (χ3n) is 6.08. The molecule has 0 spiro atoms.